The highest BCUT2D eigenvalue weighted by Gasteiger charge is 2.32. The number of benzene rings is 2. The van der Waals surface area contributed by atoms with E-state index < -0.39 is 12.7 Å². The van der Waals surface area contributed by atoms with Crippen LogP contribution in [0.3, 0.4) is 0 Å². The molecule has 3 rings (SSSR count). The summed E-state index contributed by atoms with van der Waals surface area (Å²) in [7, 11) is 0. The van der Waals surface area contributed by atoms with E-state index in [1.807, 2.05) is 30.3 Å². The number of nitrogens with one attached hydrogen (secondary N) is 1. The predicted molar refractivity (Wildman–Crippen MR) is 101 cm³/mol. The van der Waals surface area contributed by atoms with Crippen LogP contribution in [-0.4, -0.2) is 35.9 Å². The molecule has 0 radical (unpaired) electrons. The van der Waals surface area contributed by atoms with Crippen LogP contribution in [0.1, 0.15) is 30.9 Å². The van der Waals surface area contributed by atoms with Crippen LogP contribution >= 0.6 is 0 Å². The average molecular weight is 388 g/mol. The van der Waals surface area contributed by atoms with Gasteiger partial charge in [-0.3, -0.25) is 9.59 Å². The van der Waals surface area contributed by atoms with Gasteiger partial charge in [-0.1, -0.05) is 30.3 Å². The van der Waals surface area contributed by atoms with Gasteiger partial charge in [0, 0.05) is 31.1 Å². The van der Waals surface area contributed by atoms with Gasteiger partial charge in [0.25, 0.3) is 0 Å². The minimum Gasteiger partial charge on any atom is -0.435 e. The van der Waals surface area contributed by atoms with E-state index >= 15 is 0 Å². The summed E-state index contributed by atoms with van der Waals surface area (Å²) in [6.07, 6.45) is 1.77. The number of anilines is 1. The standard InChI is InChI=1S/C21H22F2N2O3/c1-14(26)25-11-5-8-18(25)20(27)24-17-9-10-19(28-21(22)23)16(13-17)12-15-6-3-2-4-7-15/h2-4,6-7,9-10,13,18,21H,5,8,11-12H2,1H3,(H,24,27)/t18-/m0/s1. The third kappa shape index (κ3) is 4.85. The van der Waals surface area contributed by atoms with Crippen LogP contribution in [0, 0.1) is 0 Å². The Morgan fingerprint density at radius 1 is 1.21 bits per heavy atom. The monoisotopic (exact) mass is 388 g/mol. The molecule has 1 N–H and O–H groups in total. The molecule has 0 spiro atoms. The summed E-state index contributed by atoms with van der Waals surface area (Å²) in [6.45, 7) is -0.925. The van der Waals surface area contributed by atoms with Crippen LogP contribution in [-0.2, 0) is 16.0 Å². The van der Waals surface area contributed by atoms with E-state index in [4.69, 9.17) is 0 Å². The lowest BCUT2D eigenvalue weighted by atomic mass is 10.0. The third-order valence-corrected chi connectivity index (χ3v) is 4.74. The number of rotatable bonds is 6. The quantitative estimate of drug-likeness (QED) is 0.818. The lowest BCUT2D eigenvalue weighted by Crippen LogP contribution is -2.42. The first kappa shape index (κ1) is 19.8. The molecule has 0 bridgehead atoms. The molecule has 5 nitrogen and oxygen atoms in total. The number of hydrogen-bond acceptors (Lipinski definition) is 3. The van der Waals surface area contributed by atoms with Crippen molar-refractivity contribution in [1.29, 1.82) is 0 Å². The molecule has 0 saturated carbocycles. The van der Waals surface area contributed by atoms with E-state index in [1.165, 1.54) is 19.1 Å². The molecule has 0 aliphatic carbocycles. The van der Waals surface area contributed by atoms with Crippen molar-refractivity contribution in [2.24, 2.45) is 0 Å². The van der Waals surface area contributed by atoms with Gasteiger partial charge >= 0.3 is 6.61 Å². The van der Waals surface area contributed by atoms with Crippen molar-refractivity contribution in [2.45, 2.75) is 38.8 Å². The lowest BCUT2D eigenvalue weighted by molar-refractivity contribution is -0.134. The molecule has 148 valence electrons. The van der Waals surface area contributed by atoms with Crippen molar-refractivity contribution < 1.29 is 23.1 Å². The number of alkyl halides is 2. The van der Waals surface area contributed by atoms with Gasteiger partial charge in [0.1, 0.15) is 11.8 Å². The van der Waals surface area contributed by atoms with Crippen molar-refractivity contribution in [3.05, 3.63) is 59.7 Å². The molecule has 0 unspecified atom stereocenters. The van der Waals surface area contributed by atoms with Gasteiger partial charge in [-0.15, -0.1) is 0 Å². The van der Waals surface area contributed by atoms with E-state index in [-0.39, 0.29) is 17.6 Å². The molecule has 7 heteroatoms. The molecule has 1 aliphatic heterocycles. The number of likely N-dealkylation sites (tertiary alicyclic amines) is 1. The molecule has 28 heavy (non-hydrogen) atoms. The SMILES string of the molecule is CC(=O)N1CCC[C@H]1C(=O)Nc1ccc(OC(F)F)c(Cc2ccccc2)c1. The summed E-state index contributed by atoms with van der Waals surface area (Å²) in [5.74, 6) is -0.341. The Balaban J connectivity index is 1.80. The van der Waals surface area contributed by atoms with Gasteiger partial charge in [0.15, 0.2) is 0 Å². The molecule has 1 fully saturated rings. The summed E-state index contributed by atoms with van der Waals surface area (Å²) >= 11 is 0. The summed E-state index contributed by atoms with van der Waals surface area (Å²) in [5.41, 5.74) is 1.95. The second kappa shape index (κ2) is 8.82. The lowest BCUT2D eigenvalue weighted by Gasteiger charge is -2.22. The minimum atomic E-state index is -2.93. The van der Waals surface area contributed by atoms with E-state index in [0.29, 0.717) is 30.6 Å². The largest absolute Gasteiger partial charge is 0.435 e. The molecule has 1 heterocycles. The maximum absolute atomic E-state index is 12.7. The van der Waals surface area contributed by atoms with Gasteiger partial charge < -0.3 is 15.0 Å². The van der Waals surface area contributed by atoms with Crippen molar-refractivity contribution >= 4 is 17.5 Å². The fraction of sp³-hybridized carbons (Fsp3) is 0.333. The molecule has 1 atom stereocenters. The second-order valence-electron chi connectivity index (χ2n) is 6.72. The van der Waals surface area contributed by atoms with Crippen LogP contribution in [0.5, 0.6) is 5.75 Å². The van der Waals surface area contributed by atoms with E-state index in [0.717, 1.165) is 12.0 Å². The molecule has 1 aliphatic rings. The zero-order valence-electron chi connectivity index (χ0n) is 15.5. The molecule has 2 aromatic rings. The van der Waals surface area contributed by atoms with Crippen LogP contribution in [0.4, 0.5) is 14.5 Å². The Kier molecular flexibility index (Phi) is 6.23. The fourth-order valence-corrected chi connectivity index (χ4v) is 3.46. The van der Waals surface area contributed by atoms with Crippen LogP contribution in [0.15, 0.2) is 48.5 Å². The van der Waals surface area contributed by atoms with Gasteiger partial charge in [0.05, 0.1) is 0 Å². The van der Waals surface area contributed by atoms with E-state index in [1.54, 1.807) is 11.0 Å². The van der Waals surface area contributed by atoms with Crippen LogP contribution < -0.4 is 10.1 Å². The zero-order chi connectivity index (χ0) is 20.1. The van der Waals surface area contributed by atoms with Gasteiger partial charge in [-0.05, 0) is 36.6 Å². The summed E-state index contributed by atoms with van der Waals surface area (Å²) < 4.78 is 30.1. The number of carbonyl (C=O) groups is 2. The zero-order valence-corrected chi connectivity index (χ0v) is 15.5. The van der Waals surface area contributed by atoms with Crippen molar-refractivity contribution in [1.82, 2.24) is 4.90 Å². The van der Waals surface area contributed by atoms with Crippen molar-refractivity contribution in [3.8, 4) is 5.75 Å². The summed E-state index contributed by atoms with van der Waals surface area (Å²) in [5, 5.41) is 2.80. The maximum Gasteiger partial charge on any atom is 0.387 e. The summed E-state index contributed by atoms with van der Waals surface area (Å²) in [6, 6.07) is 13.5. The smallest absolute Gasteiger partial charge is 0.387 e. The van der Waals surface area contributed by atoms with Gasteiger partial charge in [-0.2, -0.15) is 8.78 Å². The van der Waals surface area contributed by atoms with E-state index in [2.05, 4.69) is 10.1 Å². The predicted octanol–water partition coefficient (Wildman–Crippen LogP) is 3.83. The number of amides is 2. The topological polar surface area (TPSA) is 58.6 Å². The Morgan fingerprint density at radius 3 is 2.64 bits per heavy atom. The second-order valence-corrected chi connectivity index (χ2v) is 6.72. The number of carbonyl (C=O) groups excluding carboxylic acids is 2. The highest BCUT2D eigenvalue weighted by molar-refractivity contribution is 5.97. The Hall–Kier alpha value is -2.96. The first-order chi connectivity index (χ1) is 13.4. The fourth-order valence-electron chi connectivity index (χ4n) is 3.46. The average Bonchev–Trinajstić information content (AvgIpc) is 3.15. The molecule has 2 aromatic carbocycles. The first-order valence-corrected chi connectivity index (χ1v) is 9.14. The number of nitrogens with zero attached hydrogens (tertiary/aromatic N) is 1. The Labute approximate surface area is 162 Å². The normalized spacial score (nSPS) is 16.3. The number of hydrogen-bond donors (Lipinski definition) is 1. The van der Waals surface area contributed by atoms with Crippen molar-refractivity contribution in [3.63, 3.8) is 0 Å². The molecule has 0 aromatic heterocycles. The number of halogens is 2. The van der Waals surface area contributed by atoms with Crippen molar-refractivity contribution in [2.75, 3.05) is 11.9 Å². The maximum atomic E-state index is 12.7. The Bertz CT molecular complexity index is 843. The molecule has 1 saturated heterocycles. The highest BCUT2D eigenvalue weighted by atomic mass is 19.3. The first-order valence-electron chi connectivity index (χ1n) is 9.14. The van der Waals surface area contributed by atoms with Gasteiger partial charge in [0.2, 0.25) is 11.8 Å². The van der Waals surface area contributed by atoms with Crippen LogP contribution in [0.2, 0.25) is 0 Å². The third-order valence-electron chi connectivity index (χ3n) is 4.74. The minimum absolute atomic E-state index is 0.0723. The summed E-state index contributed by atoms with van der Waals surface area (Å²) in [4.78, 5) is 25.8. The highest BCUT2D eigenvalue weighted by Crippen LogP contribution is 2.28. The van der Waals surface area contributed by atoms with Gasteiger partial charge in [-0.25, -0.2) is 0 Å². The molecular weight excluding hydrogens is 366 g/mol. The molecule has 2 amide bonds. The number of ether oxygens (including phenoxy) is 1. The molecular formula is C21H22F2N2O3. The van der Waals surface area contributed by atoms with Crippen LogP contribution in [0.25, 0.3) is 0 Å². The van der Waals surface area contributed by atoms with E-state index in [9.17, 15) is 18.4 Å². The Morgan fingerprint density at radius 2 is 1.96 bits per heavy atom.